The summed E-state index contributed by atoms with van der Waals surface area (Å²) in [5.41, 5.74) is 11.6. The summed E-state index contributed by atoms with van der Waals surface area (Å²) in [4.78, 5) is 12.9. The molecular formula is C31H33N5O2. The van der Waals surface area contributed by atoms with Gasteiger partial charge in [-0.15, -0.1) is 5.11 Å². The zero-order valence-corrected chi connectivity index (χ0v) is 21.8. The van der Waals surface area contributed by atoms with E-state index in [-0.39, 0.29) is 22.5 Å². The third-order valence-electron chi connectivity index (χ3n) is 6.52. The molecule has 0 bridgehead atoms. The highest BCUT2D eigenvalue weighted by Crippen LogP contribution is 2.39. The first kappa shape index (κ1) is 26.7. The fourth-order valence-corrected chi connectivity index (χ4v) is 4.63. The van der Waals surface area contributed by atoms with Crippen LogP contribution in [0, 0.1) is 0 Å². The number of amides is 1. The van der Waals surface area contributed by atoms with Gasteiger partial charge in [-0.1, -0.05) is 93.4 Å². The number of azo groups is 1. The second kappa shape index (κ2) is 12.3. The quantitative estimate of drug-likeness (QED) is 0.117. The van der Waals surface area contributed by atoms with Crippen LogP contribution in [0.15, 0.2) is 100 Å². The molecule has 7 nitrogen and oxygen atoms in total. The molecule has 0 unspecified atom stereocenters. The number of hydrogen-bond donors (Lipinski definition) is 3. The first-order valence-corrected chi connectivity index (χ1v) is 12.9. The van der Waals surface area contributed by atoms with Crippen LogP contribution in [0.1, 0.15) is 61.0 Å². The highest BCUT2D eigenvalue weighted by atomic mass is 16.3. The Morgan fingerprint density at radius 2 is 1.58 bits per heavy atom. The molecule has 0 spiro atoms. The maximum absolute atomic E-state index is 12.9. The molecule has 0 radical (unpaired) electrons. The molecule has 0 heterocycles. The normalized spacial score (nSPS) is 12.0. The topological polar surface area (TPSA) is 112 Å². The van der Waals surface area contributed by atoms with E-state index in [1.165, 1.54) is 6.21 Å². The molecule has 7 heteroatoms. The van der Waals surface area contributed by atoms with Gasteiger partial charge in [-0.3, -0.25) is 4.79 Å². The number of phenols is 1. The number of nitrogens with one attached hydrogen (secondary N) is 1. The van der Waals surface area contributed by atoms with Crippen LogP contribution >= 0.6 is 0 Å². The number of hydrazone groups is 1. The summed E-state index contributed by atoms with van der Waals surface area (Å²) in [5, 5.41) is 25.2. The molecule has 4 aromatic carbocycles. The predicted octanol–water partition coefficient (Wildman–Crippen LogP) is 7.48. The Kier molecular flexibility index (Phi) is 8.61. The van der Waals surface area contributed by atoms with Gasteiger partial charge in [-0.25, -0.2) is 5.43 Å². The maximum Gasteiger partial charge on any atom is 0.275 e. The van der Waals surface area contributed by atoms with Crippen LogP contribution in [-0.4, -0.2) is 17.2 Å². The molecule has 0 aromatic heterocycles. The van der Waals surface area contributed by atoms with Crippen LogP contribution in [0.5, 0.6) is 5.75 Å². The molecule has 4 aromatic rings. The number of carbonyl (C=O) groups excluding carboxylic acids is 1. The maximum atomic E-state index is 12.9. The van der Waals surface area contributed by atoms with Gasteiger partial charge in [0.2, 0.25) is 0 Å². The van der Waals surface area contributed by atoms with Crippen molar-refractivity contribution in [2.24, 2.45) is 21.1 Å². The Hall–Kier alpha value is -4.36. The fraction of sp³-hybridized carbons (Fsp3) is 0.226. The van der Waals surface area contributed by atoms with Crippen LogP contribution in [0.4, 0.5) is 11.4 Å². The van der Waals surface area contributed by atoms with Crippen molar-refractivity contribution in [1.82, 2.24) is 5.43 Å². The number of nitrogens with two attached hydrogens (primary N) is 1. The van der Waals surface area contributed by atoms with Crippen molar-refractivity contribution in [3.8, 4) is 5.75 Å². The van der Waals surface area contributed by atoms with Crippen LogP contribution in [0.3, 0.4) is 0 Å². The average molecular weight is 508 g/mol. The molecule has 1 amide bonds. The van der Waals surface area contributed by atoms with Gasteiger partial charge in [0.1, 0.15) is 5.69 Å². The minimum Gasteiger partial charge on any atom is -0.505 e. The standard InChI is InChI=1S/C31H33N5O2/c1-3-18-31(32,19-4-2)24-14-16-25(17-15-24)34-35-28-26-13-9-8-12-23(26)20-27(29(28)37)30(38)36-33-21-22-10-6-5-7-11-22/h5-17,20-21,37H,3-4,18-19,32H2,1-2H3,(H,36,38). The zero-order chi connectivity index (χ0) is 27.0. The van der Waals surface area contributed by atoms with Crippen molar-refractivity contribution >= 4 is 34.3 Å². The van der Waals surface area contributed by atoms with Gasteiger partial charge in [0.05, 0.1) is 17.5 Å². The van der Waals surface area contributed by atoms with E-state index in [1.807, 2.05) is 78.9 Å². The molecule has 4 rings (SSSR count). The molecule has 0 aliphatic carbocycles. The monoisotopic (exact) mass is 507 g/mol. The number of phenolic OH excluding ortho intramolecular Hbond substituents is 1. The number of nitrogens with zero attached hydrogens (tertiary/aromatic N) is 3. The number of carbonyl (C=O) groups is 1. The Balaban J connectivity index is 1.62. The molecule has 0 aliphatic rings. The van der Waals surface area contributed by atoms with Crippen LogP contribution in [0.2, 0.25) is 0 Å². The predicted molar refractivity (Wildman–Crippen MR) is 153 cm³/mol. The second-order valence-electron chi connectivity index (χ2n) is 9.36. The lowest BCUT2D eigenvalue weighted by molar-refractivity contribution is 0.0952. The Bertz CT molecular complexity index is 1440. The minimum atomic E-state index is -0.549. The van der Waals surface area contributed by atoms with Crippen molar-refractivity contribution in [2.75, 3.05) is 0 Å². The van der Waals surface area contributed by atoms with E-state index in [0.717, 1.165) is 42.2 Å². The van der Waals surface area contributed by atoms with Crippen LogP contribution in [-0.2, 0) is 5.54 Å². The van der Waals surface area contributed by atoms with E-state index in [0.29, 0.717) is 11.1 Å². The van der Waals surface area contributed by atoms with Gasteiger partial charge in [0, 0.05) is 10.9 Å². The molecule has 0 atom stereocenters. The minimum absolute atomic E-state index is 0.0604. The summed E-state index contributed by atoms with van der Waals surface area (Å²) in [6, 6.07) is 26.2. The molecule has 4 N–H and O–H groups in total. The fourth-order valence-electron chi connectivity index (χ4n) is 4.63. The van der Waals surface area contributed by atoms with Crippen molar-refractivity contribution < 1.29 is 9.90 Å². The van der Waals surface area contributed by atoms with E-state index in [2.05, 4.69) is 34.6 Å². The Morgan fingerprint density at radius 1 is 0.921 bits per heavy atom. The average Bonchev–Trinajstić information content (AvgIpc) is 2.93. The lowest BCUT2D eigenvalue weighted by Gasteiger charge is -2.29. The molecule has 0 saturated heterocycles. The van der Waals surface area contributed by atoms with E-state index in [1.54, 1.807) is 6.07 Å². The highest BCUT2D eigenvalue weighted by Gasteiger charge is 2.25. The SMILES string of the molecule is CCCC(N)(CCC)c1ccc(N=Nc2c(O)c(C(=O)NN=Cc3ccccc3)cc3ccccc23)cc1. The first-order chi connectivity index (χ1) is 18.4. The van der Waals surface area contributed by atoms with Gasteiger partial charge in [0.25, 0.3) is 5.91 Å². The summed E-state index contributed by atoms with van der Waals surface area (Å²) < 4.78 is 0. The lowest BCUT2D eigenvalue weighted by atomic mass is 9.83. The van der Waals surface area contributed by atoms with E-state index in [9.17, 15) is 9.90 Å². The zero-order valence-electron chi connectivity index (χ0n) is 21.8. The van der Waals surface area contributed by atoms with Crippen molar-refractivity contribution in [3.63, 3.8) is 0 Å². The molecule has 38 heavy (non-hydrogen) atoms. The summed E-state index contributed by atoms with van der Waals surface area (Å²) in [5.74, 6) is -0.810. The summed E-state index contributed by atoms with van der Waals surface area (Å²) in [6.45, 7) is 4.28. The first-order valence-electron chi connectivity index (χ1n) is 12.9. The Morgan fingerprint density at radius 3 is 2.26 bits per heavy atom. The summed E-state index contributed by atoms with van der Waals surface area (Å²) in [7, 11) is 0. The van der Waals surface area contributed by atoms with Crippen LogP contribution in [0.25, 0.3) is 10.8 Å². The molecule has 0 saturated carbocycles. The molecular weight excluding hydrogens is 474 g/mol. The van der Waals surface area contributed by atoms with Gasteiger partial charge in [-0.05, 0) is 47.6 Å². The highest BCUT2D eigenvalue weighted by molar-refractivity contribution is 6.06. The molecule has 0 aliphatic heterocycles. The third kappa shape index (κ3) is 6.12. The molecule has 194 valence electrons. The number of fused-ring (bicyclic) bond motifs is 1. The van der Waals surface area contributed by atoms with E-state index < -0.39 is 5.91 Å². The largest absolute Gasteiger partial charge is 0.505 e. The van der Waals surface area contributed by atoms with Gasteiger partial charge in [0.15, 0.2) is 5.75 Å². The van der Waals surface area contributed by atoms with E-state index >= 15 is 0 Å². The lowest BCUT2D eigenvalue weighted by Crippen LogP contribution is -2.36. The Labute approximate surface area is 223 Å². The number of rotatable bonds is 10. The van der Waals surface area contributed by atoms with Gasteiger partial charge in [-0.2, -0.15) is 10.2 Å². The van der Waals surface area contributed by atoms with Gasteiger partial charge < -0.3 is 10.8 Å². The van der Waals surface area contributed by atoms with Gasteiger partial charge >= 0.3 is 0 Å². The second-order valence-corrected chi connectivity index (χ2v) is 9.36. The van der Waals surface area contributed by atoms with Crippen LogP contribution < -0.4 is 11.2 Å². The number of benzene rings is 4. The molecule has 0 fully saturated rings. The van der Waals surface area contributed by atoms with E-state index in [4.69, 9.17) is 5.73 Å². The third-order valence-corrected chi connectivity index (χ3v) is 6.52. The number of aromatic hydroxyl groups is 1. The van der Waals surface area contributed by atoms with Crippen molar-refractivity contribution in [1.29, 1.82) is 0 Å². The summed E-state index contributed by atoms with van der Waals surface area (Å²) >= 11 is 0. The van der Waals surface area contributed by atoms with Crippen molar-refractivity contribution in [2.45, 2.75) is 45.1 Å². The summed E-state index contributed by atoms with van der Waals surface area (Å²) in [6.07, 6.45) is 5.37. The number of hydrogen-bond acceptors (Lipinski definition) is 6. The smallest absolute Gasteiger partial charge is 0.275 e. The van der Waals surface area contributed by atoms with Crippen molar-refractivity contribution in [3.05, 3.63) is 102 Å².